The molecule has 0 fully saturated rings. The molecule has 50 valence electrons. The van der Waals surface area contributed by atoms with E-state index in [0.717, 1.165) is 0 Å². The highest BCUT2D eigenvalue weighted by molar-refractivity contribution is 5.23. The van der Waals surface area contributed by atoms with E-state index < -0.39 is 0 Å². The lowest BCUT2D eigenvalue weighted by Crippen LogP contribution is -1.96. The van der Waals surface area contributed by atoms with Crippen molar-refractivity contribution in [2.75, 3.05) is 0 Å². The molecule has 3 N–H and O–H groups in total. The highest BCUT2D eigenvalue weighted by atomic mass is 16.3. The Kier molecular flexibility index (Phi) is 3.28. The fourth-order valence-electron chi connectivity index (χ4n) is 0.359. The van der Waals surface area contributed by atoms with Gasteiger partial charge < -0.3 is 10.8 Å². The molecule has 0 atom stereocenters. The summed E-state index contributed by atoms with van der Waals surface area (Å²) in [4.78, 5) is 0. The Morgan fingerprint density at radius 2 is 2.22 bits per heavy atom. The fourth-order valence-corrected chi connectivity index (χ4v) is 0.359. The third kappa shape index (κ3) is 2.59. The van der Waals surface area contributed by atoms with Gasteiger partial charge in [0, 0.05) is 0 Å². The zero-order chi connectivity index (χ0) is 7.28. The Balaban J connectivity index is 4.27. The number of aliphatic hydroxyl groups is 1. The molecule has 0 aliphatic heterocycles. The molecule has 0 radical (unpaired) electrons. The molecule has 0 bridgehead atoms. The quantitative estimate of drug-likeness (QED) is 0.433. The van der Waals surface area contributed by atoms with E-state index in [1.54, 1.807) is 13.0 Å². The maximum Gasteiger partial charge on any atom is 0.138 e. The van der Waals surface area contributed by atoms with E-state index in [1.807, 2.05) is 0 Å². The van der Waals surface area contributed by atoms with Crippen LogP contribution in [-0.4, -0.2) is 5.11 Å². The topological polar surface area (TPSA) is 46.2 Å². The average molecular weight is 125 g/mol. The van der Waals surface area contributed by atoms with Gasteiger partial charge in [-0.1, -0.05) is 12.7 Å². The minimum Gasteiger partial charge on any atom is -0.506 e. The van der Waals surface area contributed by atoms with E-state index in [0.29, 0.717) is 5.70 Å². The minimum atomic E-state index is 0.0625. The monoisotopic (exact) mass is 125 g/mol. The van der Waals surface area contributed by atoms with Crippen molar-refractivity contribution in [3.8, 4) is 0 Å². The Hall–Kier alpha value is -1.18. The number of aliphatic hydroxyl groups excluding tert-OH is 1. The van der Waals surface area contributed by atoms with Crippen LogP contribution in [0.4, 0.5) is 0 Å². The minimum absolute atomic E-state index is 0.0625. The van der Waals surface area contributed by atoms with E-state index >= 15 is 0 Å². The molecular weight excluding hydrogens is 114 g/mol. The molecule has 9 heavy (non-hydrogen) atoms. The second-order valence-corrected chi connectivity index (χ2v) is 1.54. The van der Waals surface area contributed by atoms with Crippen molar-refractivity contribution in [1.82, 2.24) is 0 Å². The van der Waals surface area contributed by atoms with Crippen LogP contribution in [-0.2, 0) is 0 Å². The van der Waals surface area contributed by atoms with E-state index in [2.05, 4.69) is 6.58 Å². The lowest BCUT2D eigenvalue weighted by atomic mass is 10.3. The Morgan fingerprint density at radius 3 is 2.56 bits per heavy atom. The molecule has 0 unspecified atom stereocenters. The van der Waals surface area contributed by atoms with Gasteiger partial charge in [-0.05, 0) is 19.1 Å². The van der Waals surface area contributed by atoms with Crippen molar-refractivity contribution < 1.29 is 5.11 Å². The SMILES string of the molecule is C=C/C(N)=C(O)\C=C/C. The molecule has 2 nitrogen and oxygen atoms in total. The van der Waals surface area contributed by atoms with Gasteiger partial charge in [0.05, 0.1) is 5.70 Å². The van der Waals surface area contributed by atoms with Crippen LogP contribution in [0.2, 0.25) is 0 Å². The zero-order valence-electron chi connectivity index (χ0n) is 5.46. The maximum atomic E-state index is 8.91. The summed E-state index contributed by atoms with van der Waals surface area (Å²) >= 11 is 0. The van der Waals surface area contributed by atoms with Gasteiger partial charge in [0.25, 0.3) is 0 Å². The predicted octanol–water partition coefficient (Wildman–Crippen LogP) is 1.48. The lowest BCUT2D eigenvalue weighted by molar-refractivity contribution is 0.426. The molecule has 0 aliphatic rings. The summed E-state index contributed by atoms with van der Waals surface area (Å²) in [5, 5.41) is 8.91. The Bertz CT molecular complexity index is 156. The largest absolute Gasteiger partial charge is 0.506 e. The van der Waals surface area contributed by atoms with E-state index in [9.17, 15) is 0 Å². The van der Waals surface area contributed by atoms with Gasteiger partial charge in [-0.3, -0.25) is 0 Å². The normalized spacial score (nSPS) is 13.4. The van der Waals surface area contributed by atoms with Crippen molar-refractivity contribution >= 4 is 0 Å². The smallest absolute Gasteiger partial charge is 0.138 e. The van der Waals surface area contributed by atoms with Crippen LogP contribution < -0.4 is 5.73 Å². The van der Waals surface area contributed by atoms with Crippen molar-refractivity contribution in [2.45, 2.75) is 6.92 Å². The van der Waals surface area contributed by atoms with Crippen LogP contribution >= 0.6 is 0 Å². The van der Waals surface area contributed by atoms with Crippen LogP contribution in [0.25, 0.3) is 0 Å². The molecule has 2 heteroatoms. The second-order valence-electron chi connectivity index (χ2n) is 1.54. The predicted molar refractivity (Wildman–Crippen MR) is 38.9 cm³/mol. The zero-order valence-corrected chi connectivity index (χ0v) is 5.46. The molecule has 0 heterocycles. The van der Waals surface area contributed by atoms with E-state index in [-0.39, 0.29) is 5.76 Å². The number of nitrogens with two attached hydrogens (primary N) is 1. The molecule has 0 aromatic rings. The van der Waals surface area contributed by atoms with Crippen LogP contribution in [0, 0.1) is 0 Å². The van der Waals surface area contributed by atoms with Gasteiger partial charge >= 0.3 is 0 Å². The molecule has 0 aromatic carbocycles. The van der Waals surface area contributed by atoms with Gasteiger partial charge in [0.1, 0.15) is 5.76 Å². The van der Waals surface area contributed by atoms with Gasteiger partial charge in [0.15, 0.2) is 0 Å². The number of rotatable bonds is 2. The molecule has 0 aliphatic carbocycles. The standard InChI is InChI=1S/C7H11NO/c1-3-5-7(9)6(8)4-2/h3-5,9H,2,8H2,1H3/b5-3-,7-6-. The molecule has 0 aromatic heterocycles. The first-order valence-corrected chi connectivity index (χ1v) is 2.66. The summed E-state index contributed by atoms with van der Waals surface area (Å²) < 4.78 is 0. The van der Waals surface area contributed by atoms with Crippen LogP contribution in [0.5, 0.6) is 0 Å². The lowest BCUT2D eigenvalue weighted by Gasteiger charge is -1.92. The summed E-state index contributed by atoms with van der Waals surface area (Å²) in [6.07, 6.45) is 4.61. The van der Waals surface area contributed by atoms with Crippen molar-refractivity contribution in [2.24, 2.45) is 5.73 Å². The average Bonchev–Trinajstić information content (AvgIpc) is 1.87. The summed E-state index contributed by atoms with van der Waals surface area (Å²) in [7, 11) is 0. The van der Waals surface area contributed by atoms with E-state index in [1.165, 1.54) is 12.2 Å². The third-order valence-corrected chi connectivity index (χ3v) is 0.840. The summed E-state index contributed by atoms with van der Waals surface area (Å²) in [6.45, 7) is 5.19. The van der Waals surface area contributed by atoms with Gasteiger partial charge in [-0.15, -0.1) is 0 Å². The molecule has 0 amide bonds. The first-order valence-electron chi connectivity index (χ1n) is 2.66. The van der Waals surface area contributed by atoms with Crippen molar-refractivity contribution in [1.29, 1.82) is 0 Å². The maximum absolute atomic E-state index is 8.91. The molecule has 0 saturated carbocycles. The van der Waals surface area contributed by atoms with Crippen LogP contribution in [0.1, 0.15) is 6.92 Å². The summed E-state index contributed by atoms with van der Waals surface area (Å²) in [5.41, 5.74) is 5.56. The summed E-state index contributed by atoms with van der Waals surface area (Å²) in [6, 6.07) is 0. The second kappa shape index (κ2) is 3.78. The highest BCUT2D eigenvalue weighted by Crippen LogP contribution is 1.95. The Labute approximate surface area is 55.0 Å². The number of hydrogen-bond acceptors (Lipinski definition) is 2. The van der Waals surface area contributed by atoms with Gasteiger partial charge in [0.2, 0.25) is 0 Å². The molecule has 0 rings (SSSR count). The van der Waals surface area contributed by atoms with Gasteiger partial charge in [-0.25, -0.2) is 0 Å². The molecular formula is C7H11NO. The summed E-state index contributed by atoms with van der Waals surface area (Å²) in [5.74, 6) is 0.0625. The van der Waals surface area contributed by atoms with Crippen molar-refractivity contribution in [3.05, 3.63) is 36.3 Å². The van der Waals surface area contributed by atoms with E-state index in [4.69, 9.17) is 10.8 Å². The molecule has 0 saturated heterocycles. The van der Waals surface area contributed by atoms with Gasteiger partial charge in [-0.2, -0.15) is 0 Å². The third-order valence-electron chi connectivity index (χ3n) is 0.840. The first-order chi connectivity index (χ1) is 4.22. The molecule has 0 spiro atoms. The van der Waals surface area contributed by atoms with Crippen molar-refractivity contribution in [3.63, 3.8) is 0 Å². The fraction of sp³-hybridized carbons (Fsp3) is 0.143. The first kappa shape index (κ1) is 7.82. The van der Waals surface area contributed by atoms with Crippen LogP contribution in [0.3, 0.4) is 0 Å². The Morgan fingerprint density at radius 1 is 1.67 bits per heavy atom. The van der Waals surface area contributed by atoms with Crippen LogP contribution in [0.15, 0.2) is 36.3 Å². The highest BCUT2D eigenvalue weighted by Gasteiger charge is 1.87. The number of hydrogen-bond donors (Lipinski definition) is 2. The number of allylic oxidation sites excluding steroid dienone is 3.